The molecule has 0 aliphatic carbocycles. The SMILES string of the molecule is CCN(CC(=O)Nc1ccc(C(=O)N2CCN(C)CC2)cc1)S(=O)(=O)c1ccc(OC)c(Cl)c1. The number of piperazine rings is 1. The van der Waals surface area contributed by atoms with Gasteiger partial charge < -0.3 is 19.9 Å². The first-order chi connectivity index (χ1) is 16.1. The highest BCUT2D eigenvalue weighted by Gasteiger charge is 2.26. The third-order valence-corrected chi connectivity index (χ3v) is 7.85. The number of halogens is 1. The molecule has 0 aromatic heterocycles. The molecule has 2 amide bonds. The maximum absolute atomic E-state index is 13.0. The number of hydrogen-bond donors (Lipinski definition) is 1. The van der Waals surface area contributed by atoms with E-state index in [1.807, 2.05) is 11.9 Å². The van der Waals surface area contributed by atoms with Crippen LogP contribution in [0.15, 0.2) is 47.4 Å². The van der Waals surface area contributed by atoms with Crippen LogP contribution in [-0.2, 0) is 14.8 Å². The minimum Gasteiger partial charge on any atom is -0.495 e. The van der Waals surface area contributed by atoms with E-state index in [9.17, 15) is 18.0 Å². The van der Waals surface area contributed by atoms with Gasteiger partial charge in [-0.2, -0.15) is 4.31 Å². The van der Waals surface area contributed by atoms with Gasteiger partial charge in [0.1, 0.15) is 5.75 Å². The Morgan fingerprint density at radius 3 is 2.29 bits per heavy atom. The van der Waals surface area contributed by atoms with Crippen molar-refractivity contribution in [1.29, 1.82) is 0 Å². The molecule has 0 unspecified atom stereocenters. The summed E-state index contributed by atoms with van der Waals surface area (Å²) in [6.45, 7) is 4.39. The van der Waals surface area contributed by atoms with Crippen LogP contribution in [-0.4, -0.2) is 87.8 Å². The predicted molar refractivity (Wildman–Crippen MR) is 131 cm³/mol. The number of methoxy groups -OCH3 is 1. The van der Waals surface area contributed by atoms with Crippen molar-refractivity contribution in [1.82, 2.24) is 14.1 Å². The fourth-order valence-electron chi connectivity index (χ4n) is 3.57. The molecule has 0 atom stereocenters. The lowest BCUT2D eigenvalue weighted by Gasteiger charge is -2.32. The Balaban J connectivity index is 1.63. The van der Waals surface area contributed by atoms with Crippen molar-refractivity contribution < 1.29 is 22.7 Å². The highest BCUT2D eigenvalue weighted by Crippen LogP contribution is 2.28. The van der Waals surface area contributed by atoms with Crippen LogP contribution in [0, 0.1) is 0 Å². The first kappa shape index (κ1) is 26.0. The Morgan fingerprint density at radius 2 is 1.74 bits per heavy atom. The van der Waals surface area contributed by atoms with E-state index in [-0.39, 0.29) is 28.9 Å². The number of hydrogen-bond acceptors (Lipinski definition) is 6. The Kier molecular flexibility index (Phi) is 8.53. The molecule has 184 valence electrons. The molecular formula is C23H29ClN4O5S. The number of likely N-dealkylation sites (N-methyl/N-ethyl adjacent to an activating group) is 2. The number of ether oxygens (including phenoxy) is 1. The molecule has 1 aliphatic rings. The van der Waals surface area contributed by atoms with Crippen LogP contribution in [0.2, 0.25) is 5.02 Å². The Bertz CT molecular complexity index is 1130. The highest BCUT2D eigenvalue weighted by molar-refractivity contribution is 7.89. The van der Waals surface area contributed by atoms with E-state index in [4.69, 9.17) is 16.3 Å². The summed E-state index contributed by atoms with van der Waals surface area (Å²) < 4.78 is 32.1. The summed E-state index contributed by atoms with van der Waals surface area (Å²) in [6.07, 6.45) is 0. The molecule has 1 fully saturated rings. The Hall–Kier alpha value is -2.66. The Morgan fingerprint density at radius 1 is 1.09 bits per heavy atom. The summed E-state index contributed by atoms with van der Waals surface area (Å²) >= 11 is 6.07. The van der Waals surface area contributed by atoms with Crippen molar-refractivity contribution in [2.75, 3.05) is 58.7 Å². The molecule has 11 heteroatoms. The van der Waals surface area contributed by atoms with Crippen molar-refractivity contribution in [3.63, 3.8) is 0 Å². The molecule has 3 rings (SSSR count). The van der Waals surface area contributed by atoms with Crippen LogP contribution in [0.1, 0.15) is 17.3 Å². The molecule has 2 aromatic carbocycles. The predicted octanol–water partition coefficient (Wildman–Crippen LogP) is 2.39. The lowest BCUT2D eigenvalue weighted by atomic mass is 10.1. The second-order valence-electron chi connectivity index (χ2n) is 7.95. The van der Waals surface area contributed by atoms with Gasteiger partial charge >= 0.3 is 0 Å². The van der Waals surface area contributed by atoms with Crippen LogP contribution >= 0.6 is 11.6 Å². The summed E-state index contributed by atoms with van der Waals surface area (Å²) in [4.78, 5) is 29.2. The monoisotopic (exact) mass is 508 g/mol. The minimum atomic E-state index is -3.94. The van der Waals surface area contributed by atoms with Gasteiger partial charge in [-0.05, 0) is 49.5 Å². The van der Waals surface area contributed by atoms with Gasteiger partial charge in [0.25, 0.3) is 5.91 Å². The van der Waals surface area contributed by atoms with E-state index in [2.05, 4.69) is 10.2 Å². The fourth-order valence-corrected chi connectivity index (χ4v) is 5.33. The quantitative estimate of drug-likeness (QED) is 0.588. The summed E-state index contributed by atoms with van der Waals surface area (Å²) in [5, 5.41) is 2.85. The highest BCUT2D eigenvalue weighted by atomic mass is 35.5. The van der Waals surface area contributed by atoms with Crippen molar-refractivity contribution in [2.24, 2.45) is 0 Å². The van der Waals surface area contributed by atoms with Crippen molar-refractivity contribution in [2.45, 2.75) is 11.8 Å². The van der Waals surface area contributed by atoms with Crippen LogP contribution in [0.5, 0.6) is 5.75 Å². The maximum atomic E-state index is 13.0. The molecule has 1 heterocycles. The van der Waals surface area contributed by atoms with Crippen molar-refractivity contribution in [3.05, 3.63) is 53.1 Å². The van der Waals surface area contributed by atoms with Gasteiger partial charge in [-0.25, -0.2) is 8.42 Å². The summed E-state index contributed by atoms with van der Waals surface area (Å²) in [5.41, 5.74) is 1.01. The van der Waals surface area contributed by atoms with Gasteiger partial charge in [0.15, 0.2) is 0 Å². The molecule has 1 N–H and O–H groups in total. The number of rotatable bonds is 8. The van der Waals surface area contributed by atoms with Crippen molar-refractivity contribution >= 4 is 39.1 Å². The molecule has 1 saturated heterocycles. The van der Waals surface area contributed by atoms with Crippen LogP contribution in [0.3, 0.4) is 0 Å². The summed E-state index contributed by atoms with van der Waals surface area (Å²) in [7, 11) is -0.480. The smallest absolute Gasteiger partial charge is 0.253 e. The van der Waals surface area contributed by atoms with Crippen LogP contribution in [0.25, 0.3) is 0 Å². The fraction of sp³-hybridized carbons (Fsp3) is 0.391. The number of amides is 2. The zero-order valence-corrected chi connectivity index (χ0v) is 21.0. The van der Waals surface area contributed by atoms with Gasteiger partial charge in [-0.1, -0.05) is 18.5 Å². The van der Waals surface area contributed by atoms with E-state index < -0.39 is 15.9 Å². The number of anilines is 1. The molecule has 2 aromatic rings. The number of carbonyl (C=O) groups excluding carboxylic acids is 2. The molecule has 0 saturated carbocycles. The third kappa shape index (κ3) is 6.06. The van der Waals surface area contributed by atoms with Crippen molar-refractivity contribution in [3.8, 4) is 5.75 Å². The molecule has 1 aliphatic heterocycles. The second-order valence-corrected chi connectivity index (χ2v) is 10.3. The van der Waals surface area contributed by atoms with E-state index in [1.165, 1.54) is 25.3 Å². The zero-order valence-electron chi connectivity index (χ0n) is 19.5. The van der Waals surface area contributed by atoms with E-state index in [1.54, 1.807) is 31.2 Å². The molecule has 34 heavy (non-hydrogen) atoms. The number of sulfonamides is 1. The standard InChI is InChI=1S/C23H29ClN4O5S/c1-4-28(34(31,32)19-9-10-21(33-3)20(24)15-19)16-22(29)25-18-7-5-17(6-8-18)23(30)27-13-11-26(2)12-14-27/h5-10,15H,4,11-14,16H2,1-3H3,(H,25,29). The number of carbonyl (C=O) groups is 2. The van der Waals surface area contributed by atoms with Gasteiger partial charge in [-0.15, -0.1) is 0 Å². The number of nitrogens with one attached hydrogen (secondary N) is 1. The van der Waals surface area contributed by atoms with E-state index in [0.717, 1.165) is 17.4 Å². The molecule has 0 radical (unpaired) electrons. The largest absolute Gasteiger partial charge is 0.495 e. The molecule has 0 spiro atoms. The lowest BCUT2D eigenvalue weighted by molar-refractivity contribution is -0.116. The van der Waals surface area contributed by atoms with Gasteiger partial charge in [0.05, 0.1) is 23.6 Å². The first-order valence-electron chi connectivity index (χ1n) is 10.9. The minimum absolute atomic E-state index is 0.0280. The Labute approximate surface area is 205 Å². The molecular weight excluding hydrogens is 480 g/mol. The van der Waals surface area contributed by atoms with Crippen LogP contribution < -0.4 is 10.1 Å². The van der Waals surface area contributed by atoms with E-state index >= 15 is 0 Å². The van der Waals surface area contributed by atoms with Gasteiger partial charge in [0.2, 0.25) is 15.9 Å². The number of benzene rings is 2. The van der Waals surface area contributed by atoms with E-state index in [0.29, 0.717) is 30.1 Å². The zero-order chi connectivity index (χ0) is 24.9. The molecule has 9 nitrogen and oxygen atoms in total. The van der Waals surface area contributed by atoms with Gasteiger partial charge in [0, 0.05) is 44.0 Å². The lowest BCUT2D eigenvalue weighted by Crippen LogP contribution is -2.47. The number of nitrogens with zero attached hydrogens (tertiary/aromatic N) is 3. The first-order valence-corrected chi connectivity index (χ1v) is 12.7. The third-order valence-electron chi connectivity index (χ3n) is 5.64. The normalized spacial score (nSPS) is 14.8. The topological polar surface area (TPSA) is 99.3 Å². The van der Waals surface area contributed by atoms with Gasteiger partial charge in [-0.3, -0.25) is 9.59 Å². The summed E-state index contributed by atoms with van der Waals surface area (Å²) in [6, 6.07) is 10.7. The average Bonchev–Trinajstić information content (AvgIpc) is 2.82. The van der Waals surface area contributed by atoms with Crippen LogP contribution in [0.4, 0.5) is 5.69 Å². The average molecular weight is 509 g/mol. The molecule has 0 bridgehead atoms. The second kappa shape index (κ2) is 11.2. The maximum Gasteiger partial charge on any atom is 0.253 e. The summed E-state index contributed by atoms with van der Waals surface area (Å²) in [5.74, 6) is -0.188.